The molecule has 1 atom stereocenters. The molecule has 3 aromatic heterocycles. The maximum atomic E-state index is 12.1. The molecule has 22 heavy (non-hydrogen) atoms. The molecule has 0 unspecified atom stereocenters. The van der Waals surface area contributed by atoms with Crippen LogP contribution >= 0.6 is 22.7 Å². The summed E-state index contributed by atoms with van der Waals surface area (Å²) in [6.45, 7) is 6.66. The van der Waals surface area contributed by atoms with Gasteiger partial charge in [-0.15, -0.1) is 22.7 Å². The van der Waals surface area contributed by atoms with Crippen molar-refractivity contribution in [3.63, 3.8) is 0 Å². The molecule has 3 heterocycles. The van der Waals surface area contributed by atoms with Gasteiger partial charge in [0.15, 0.2) is 4.96 Å². The van der Waals surface area contributed by atoms with Crippen LogP contribution in [0.3, 0.4) is 0 Å². The first-order valence-electron chi connectivity index (χ1n) is 7.23. The minimum absolute atomic E-state index is 0.0184. The topological polar surface area (TPSA) is 59.3 Å². The molecule has 7 heteroatoms. The Morgan fingerprint density at radius 2 is 2.14 bits per heavy atom. The number of fused-ring (bicyclic) bond motifs is 1. The van der Waals surface area contributed by atoms with Crippen LogP contribution < -0.4 is 10.9 Å². The van der Waals surface area contributed by atoms with Gasteiger partial charge in [0, 0.05) is 35.1 Å². The molecule has 3 rings (SSSR count). The molecule has 116 valence electrons. The van der Waals surface area contributed by atoms with Gasteiger partial charge in [0.1, 0.15) is 0 Å². The van der Waals surface area contributed by atoms with Crippen LogP contribution in [-0.2, 0) is 13.0 Å². The first kappa shape index (κ1) is 15.3. The molecule has 0 amide bonds. The number of rotatable bonds is 5. The second kappa shape index (κ2) is 6.28. The van der Waals surface area contributed by atoms with E-state index >= 15 is 0 Å². The van der Waals surface area contributed by atoms with Gasteiger partial charge in [0.05, 0.1) is 16.4 Å². The lowest BCUT2D eigenvalue weighted by molar-refractivity contribution is 0.556. The highest BCUT2D eigenvalue weighted by Gasteiger charge is 2.11. The molecule has 0 fully saturated rings. The summed E-state index contributed by atoms with van der Waals surface area (Å²) in [7, 11) is 0. The molecule has 0 bridgehead atoms. The van der Waals surface area contributed by atoms with E-state index < -0.39 is 0 Å². The van der Waals surface area contributed by atoms with E-state index in [1.54, 1.807) is 21.8 Å². The van der Waals surface area contributed by atoms with Crippen molar-refractivity contribution in [2.75, 3.05) is 0 Å². The molecule has 5 nitrogen and oxygen atoms in total. The van der Waals surface area contributed by atoms with Crippen molar-refractivity contribution >= 4 is 27.6 Å². The Hall–Kier alpha value is -1.57. The molecule has 0 aromatic carbocycles. The average Bonchev–Trinajstić information content (AvgIpc) is 3.12. The smallest absolute Gasteiger partial charge is 0.259 e. The van der Waals surface area contributed by atoms with Gasteiger partial charge in [0.2, 0.25) is 0 Å². The van der Waals surface area contributed by atoms with Gasteiger partial charge >= 0.3 is 0 Å². The fourth-order valence-electron chi connectivity index (χ4n) is 2.24. The summed E-state index contributed by atoms with van der Waals surface area (Å²) < 4.78 is 1.64. The summed E-state index contributed by atoms with van der Waals surface area (Å²) in [5.41, 5.74) is 2.73. The lowest BCUT2D eigenvalue weighted by atomic mass is 10.2. The van der Waals surface area contributed by atoms with Gasteiger partial charge in [-0.05, 0) is 20.3 Å². The summed E-state index contributed by atoms with van der Waals surface area (Å²) in [4.78, 5) is 22.0. The highest BCUT2D eigenvalue weighted by molar-refractivity contribution is 7.15. The number of thiazole rings is 2. The minimum Gasteiger partial charge on any atom is -0.303 e. The zero-order valence-electron chi connectivity index (χ0n) is 12.8. The maximum absolute atomic E-state index is 12.1. The third-order valence-corrected chi connectivity index (χ3v) is 5.49. The Morgan fingerprint density at radius 1 is 1.32 bits per heavy atom. The largest absolute Gasteiger partial charge is 0.303 e. The molecule has 0 aliphatic heterocycles. The summed E-state index contributed by atoms with van der Waals surface area (Å²) >= 11 is 3.18. The number of aryl methyl sites for hydroxylation is 2. The predicted molar refractivity (Wildman–Crippen MR) is 90.8 cm³/mol. The average molecular weight is 334 g/mol. The van der Waals surface area contributed by atoms with E-state index in [4.69, 9.17) is 0 Å². The zero-order valence-corrected chi connectivity index (χ0v) is 14.4. The van der Waals surface area contributed by atoms with Crippen LogP contribution in [0.4, 0.5) is 0 Å². The van der Waals surface area contributed by atoms with Crippen LogP contribution in [0.15, 0.2) is 21.6 Å². The van der Waals surface area contributed by atoms with Crippen molar-refractivity contribution in [3.8, 4) is 0 Å². The van der Waals surface area contributed by atoms with E-state index in [0.717, 1.165) is 33.5 Å². The molecule has 1 N–H and O–H groups in total. The van der Waals surface area contributed by atoms with Crippen molar-refractivity contribution in [2.45, 2.75) is 39.8 Å². The Morgan fingerprint density at radius 3 is 2.86 bits per heavy atom. The number of hydrogen-bond donors (Lipinski definition) is 1. The minimum atomic E-state index is -0.0184. The van der Waals surface area contributed by atoms with E-state index in [1.165, 1.54) is 11.3 Å². The zero-order chi connectivity index (χ0) is 15.7. The van der Waals surface area contributed by atoms with E-state index in [1.807, 2.05) is 12.3 Å². The van der Waals surface area contributed by atoms with Crippen molar-refractivity contribution in [1.29, 1.82) is 0 Å². The molecule has 0 aliphatic carbocycles. The normalized spacial score (nSPS) is 12.9. The van der Waals surface area contributed by atoms with Crippen molar-refractivity contribution in [3.05, 3.63) is 49.3 Å². The van der Waals surface area contributed by atoms with Gasteiger partial charge in [-0.25, -0.2) is 9.97 Å². The van der Waals surface area contributed by atoms with Gasteiger partial charge in [-0.2, -0.15) is 0 Å². The monoisotopic (exact) mass is 334 g/mol. The molecule has 0 spiro atoms. The Kier molecular flexibility index (Phi) is 4.37. The van der Waals surface area contributed by atoms with Crippen molar-refractivity contribution in [1.82, 2.24) is 19.7 Å². The lowest BCUT2D eigenvalue weighted by Gasteiger charge is -2.11. The van der Waals surface area contributed by atoms with Crippen molar-refractivity contribution in [2.24, 2.45) is 0 Å². The molecule has 0 aliphatic rings. The van der Waals surface area contributed by atoms with Gasteiger partial charge in [-0.1, -0.05) is 6.92 Å². The summed E-state index contributed by atoms with van der Waals surface area (Å²) in [6.07, 6.45) is 0.962. The third kappa shape index (κ3) is 2.97. The molecule has 0 saturated carbocycles. The summed E-state index contributed by atoms with van der Waals surface area (Å²) in [5.74, 6) is 0. The quantitative estimate of drug-likeness (QED) is 0.779. The van der Waals surface area contributed by atoms with E-state index in [-0.39, 0.29) is 11.6 Å². The molecule has 0 radical (unpaired) electrons. The first-order chi connectivity index (χ1) is 10.6. The molecule has 0 saturated heterocycles. The van der Waals surface area contributed by atoms with Crippen LogP contribution in [0, 0.1) is 6.92 Å². The van der Waals surface area contributed by atoms with Crippen LogP contribution in [0.5, 0.6) is 0 Å². The van der Waals surface area contributed by atoms with Crippen LogP contribution in [0.2, 0.25) is 0 Å². The molecular weight excluding hydrogens is 316 g/mol. The highest BCUT2D eigenvalue weighted by atomic mass is 32.1. The second-order valence-corrected chi connectivity index (χ2v) is 6.98. The van der Waals surface area contributed by atoms with E-state index in [2.05, 4.69) is 34.5 Å². The van der Waals surface area contributed by atoms with Crippen LogP contribution in [0.1, 0.15) is 42.0 Å². The fraction of sp³-hybridized carbons (Fsp3) is 0.400. The number of hydrogen-bond acceptors (Lipinski definition) is 6. The van der Waals surface area contributed by atoms with Crippen molar-refractivity contribution < 1.29 is 0 Å². The van der Waals surface area contributed by atoms with E-state index in [9.17, 15) is 4.79 Å². The SMILES string of the molecule is CCc1nc([C@H](C)NCc2cc(=O)n3c(C)csc3n2)cs1. The maximum Gasteiger partial charge on any atom is 0.259 e. The van der Waals surface area contributed by atoms with Gasteiger partial charge in [0.25, 0.3) is 5.56 Å². The second-order valence-electron chi connectivity index (χ2n) is 5.20. The molecule has 3 aromatic rings. The Bertz CT molecular complexity index is 849. The Labute approximate surface area is 136 Å². The molecular formula is C15H18N4OS2. The lowest BCUT2D eigenvalue weighted by Crippen LogP contribution is -2.22. The number of nitrogens with zero attached hydrogens (tertiary/aromatic N) is 3. The number of aromatic nitrogens is 3. The standard InChI is InChI=1S/C15H18N4OS2/c1-4-13-18-12(8-21-13)10(3)16-6-11-5-14(20)19-9(2)7-22-15(19)17-11/h5,7-8,10,16H,4,6H2,1-3H3/t10-/m0/s1. The van der Waals surface area contributed by atoms with E-state index in [0.29, 0.717) is 6.54 Å². The predicted octanol–water partition coefficient (Wildman–Crippen LogP) is 2.93. The fourth-order valence-corrected chi connectivity index (χ4v) is 3.97. The summed E-state index contributed by atoms with van der Waals surface area (Å²) in [5, 5.41) is 8.58. The summed E-state index contributed by atoms with van der Waals surface area (Å²) in [6, 6.07) is 1.74. The van der Waals surface area contributed by atoms with Crippen LogP contribution in [0.25, 0.3) is 4.96 Å². The van der Waals surface area contributed by atoms with Crippen LogP contribution in [-0.4, -0.2) is 14.4 Å². The Balaban J connectivity index is 1.74. The number of nitrogens with one attached hydrogen (secondary N) is 1. The highest BCUT2D eigenvalue weighted by Crippen LogP contribution is 2.17. The van der Waals surface area contributed by atoms with Gasteiger partial charge < -0.3 is 5.32 Å². The third-order valence-electron chi connectivity index (χ3n) is 3.53. The first-order valence-corrected chi connectivity index (χ1v) is 8.99. The van der Waals surface area contributed by atoms with Gasteiger partial charge in [-0.3, -0.25) is 9.20 Å².